The molecular weight excluding hydrogens is 399 g/mol. The number of carbonyl (C=O) groups excluding carboxylic acids is 1. The third-order valence-electron chi connectivity index (χ3n) is 4.70. The lowest BCUT2D eigenvalue weighted by molar-refractivity contribution is 0.0663. The number of rotatable bonds is 4. The second-order valence-electron chi connectivity index (χ2n) is 6.69. The van der Waals surface area contributed by atoms with Crippen molar-refractivity contribution in [2.24, 2.45) is 0 Å². The van der Waals surface area contributed by atoms with Gasteiger partial charge in [-0.2, -0.15) is 0 Å². The molecule has 1 aliphatic heterocycles. The highest BCUT2D eigenvalue weighted by molar-refractivity contribution is 9.10. The van der Waals surface area contributed by atoms with Gasteiger partial charge in [0.15, 0.2) is 11.6 Å². The number of carbonyl (C=O) groups is 1. The van der Waals surface area contributed by atoms with E-state index in [1.54, 1.807) is 23.1 Å². The lowest BCUT2D eigenvalue weighted by Gasteiger charge is -2.35. The predicted octanol–water partition coefficient (Wildman–Crippen LogP) is 4.55. The Labute approximate surface area is 161 Å². The molecule has 2 aromatic carbocycles. The smallest absolute Gasteiger partial charge is 0.253 e. The van der Waals surface area contributed by atoms with E-state index < -0.39 is 5.82 Å². The van der Waals surface area contributed by atoms with Crippen LogP contribution in [-0.4, -0.2) is 48.9 Å². The first kappa shape index (κ1) is 18.9. The third kappa shape index (κ3) is 4.43. The van der Waals surface area contributed by atoms with Gasteiger partial charge in [-0.3, -0.25) is 4.79 Å². The molecule has 138 valence electrons. The molecule has 0 aromatic heterocycles. The highest BCUT2D eigenvalue weighted by atomic mass is 79.9. The topological polar surface area (TPSA) is 32.8 Å². The van der Waals surface area contributed by atoms with E-state index in [1.807, 2.05) is 12.1 Å². The SMILES string of the molecule is CN(C)C1CCN(C(=O)c2ccc(Oc3ccc(Br)cc3)c(F)c2)CC1. The third-order valence-corrected chi connectivity index (χ3v) is 5.23. The second-order valence-corrected chi connectivity index (χ2v) is 7.60. The summed E-state index contributed by atoms with van der Waals surface area (Å²) in [5, 5.41) is 0. The van der Waals surface area contributed by atoms with Gasteiger partial charge in [0.2, 0.25) is 0 Å². The maximum atomic E-state index is 14.4. The van der Waals surface area contributed by atoms with Crippen molar-refractivity contribution >= 4 is 21.8 Å². The first-order valence-corrected chi connectivity index (χ1v) is 9.42. The van der Waals surface area contributed by atoms with Crippen molar-refractivity contribution in [3.05, 3.63) is 58.3 Å². The summed E-state index contributed by atoms with van der Waals surface area (Å²) in [4.78, 5) is 16.6. The standard InChI is InChI=1S/C20H22BrFN2O2/c1-23(2)16-9-11-24(12-10-16)20(25)14-3-8-19(18(22)13-14)26-17-6-4-15(21)5-7-17/h3-8,13,16H,9-12H2,1-2H3. The molecule has 0 spiro atoms. The number of halogens is 2. The van der Waals surface area contributed by atoms with Crippen LogP contribution in [0.4, 0.5) is 4.39 Å². The van der Waals surface area contributed by atoms with E-state index in [4.69, 9.17) is 4.74 Å². The van der Waals surface area contributed by atoms with Crippen LogP contribution in [-0.2, 0) is 0 Å². The van der Waals surface area contributed by atoms with Crippen LogP contribution in [0.15, 0.2) is 46.9 Å². The molecule has 0 saturated carbocycles. The molecular formula is C20H22BrFN2O2. The molecule has 1 fully saturated rings. The Hall–Kier alpha value is -1.92. The summed E-state index contributed by atoms with van der Waals surface area (Å²) < 4.78 is 20.9. The average molecular weight is 421 g/mol. The number of likely N-dealkylation sites (tertiary alicyclic amines) is 1. The lowest BCUT2D eigenvalue weighted by atomic mass is 10.0. The Kier molecular flexibility index (Phi) is 5.94. The fourth-order valence-corrected chi connectivity index (χ4v) is 3.38. The minimum atomic E-state index is -0.540. The molecule has 1 saturated heterocycles. The largest absolute Gasteiger partial charge is 0.454 e. The van der Waals surface area contributed by atoms with Crippen molar-refractivity contribution in [3.63, 3.8) is 0 Å². The fourth-order valence-electron chi connectivity index (χ4n) is 3.11. The fraction of sp³-hybridized carbons (Fsp3) is 0.350. The Morgan fingerprint density at radius 3 is 2.38 bits per heavy atom. The summed E-state index contributed by atoms with van der Waals surface area (Å²) in [6.07, 6.45) is 1.87. The van der Waals surface area contributed by atoms with Crippen LogP contribution in [0, 0.1) is 5.82 Å². The zero-order chi connectivity index (χ0) is 18.7. The Morgan fingerprint density at radius 2 is 1.81 bits per heavy atom. The zero-order valence-electron chi connectivity index (χ0n) is 14.9. The molecule has 1 heterocycles. The van der Waals surface area contributed by atoms with Gasteiger partial charge in [-0.05, 0) is 69.4 Å². The maximum absolute atomic E-state index is 14.4. The Balaban J connectivity index is 1.67. The van der Waals surface area contributed by atoms with E-state index in [1.165, 1.54) is 12.1 Å². The van der Waals surface area contributed by atoms with E-state index >= 15 is 0 Å². The van der Waals surface area contributed by atoms with E-state index in [0.29, 0.717) is 30.4 Å². The quantitative estimate of drug-likeness (QED) is 0.727. The minimum absolute atomic E-state index is 0.107. The summed E-state index contributed by atoms with van der Waals surface area (Å²) in [6.45, 7) is 1.39. The van der Waals surface area contributed by atoms with Gasteiger partial charge in [-0.1, -0.05) is 15.9 Å². The van der Waals surface area contributed by atoms with Gasteiger partial charge in [0.1, 0.15) is 5.75 Å². The molecule has 3 rings (SSSR count). The van der Waals surface area contributed by atoms with Gasteiger partial charge in [0.05, 0.1) is 0 Å². The normalized spacial score (nSPS) is 15.3. The van der Waals surface area contributed by atoms with Crippen LogP contribution in [0.3, 0.4) is 0 Å². The predicted molar refractivity (Wildman–Crippen MR) is 103 cm³/mol. The molecule has 6 heteroatoms. The lowest BCUT2D eigenvalue weighted by Crippen LogP contribution is -2.44. The van der Waals surface area contributed by atoms with Crippen molar-refractivity contribution in [3.8, 4) is 11.5 Å². The van der Waals surface area contributed by atoms with Crippen molar-refractivity contribution in [2.45, 2.75) is 18.9 Å². The zero-order valence-corrected chi connectivity index (χ0v) is 16.5. The molecule has 0 N–H and O–H groups in total. The first-order chi connectivity index (χ1) is 12.4. The highest BCUT2D eigenvalue weighted by Gasteiger charge is 2.25. The summed E-state index contributed by atoms with van der Waals surface area (Å²) in [6, 6.07) is 12.0. The second kappa shape index (κ2) is 8.18. The van der Waals surface area contributed by atoms with Gasteiger partial charge < -0.3 is 14.5 Å². The van der Waals surface area contributed by atoms with Gasteiger partial charge in [0, 0.05) is 29.2 Å². The van der Waals surface area contributed by atoms with E-state index in [2.05, 4.69) is 34.9 Å². The summed E-state index contributed by atoms with van der Waals surface area (Å²) in [5.41, 5.74) is 0.356. The maximum Gasteiger partial charge on any atom is 0.253 e. The molecule has 1 aliphatic rings. The molecule has 0 unspecified atom stereocenters. The van der Waals surface area contributed by atoms with Gasteiger partial charge in [-0.25, -0.2) is 4.39 Å². The molecule has 2 aromatic rings. The molecule has 0 radical (unpaired) electrons. The Morgan fingerprint density at radius 1 is 1.15 bits per heavy atom. The van der Waals surface area contributed by atoms with Crippen molar-refractivity contribution in [1.82, 2.24) is 9.80 Å². The average Bonchev–Trinajstić information content (AvgIpc) is 2.64. The van der Waals surface area contributed by atoms with Crippen LogP contribution in [0.25, 0.3) is 0 Å². The summed E-state index contributed by atoms with van der Waals surface area (Å²) in [7, 11) is 4.11. The number of hydrogen-bond acceptors (Lipinski definition) is 3. The molecule has 4 nitrogen and oxygen atoms in total. The summed E-state index contributed by atoms with van der Waals surface area (Å²) >= 11 is 3.35. The van der Waals surface area contributed by atoms with Crippen LogP contribution >= 0.6 is 15.9 Å². The van der Waals surface area contributed by atoms with Crippen LogP contribution in [0.2, 0.25) is 0 Å². The Bertz CT molecular complexity index is 772. The summed E-state index contributed by atoms with van der Waals surface area (Å²) in [5.74, 6) is -0.0228. The number of ether oxygens (including phenoxy) is 1. The number of piperidine rings is 1. The van der Waals surface area contributed by atoms with E-state index in [9.17, 15) is 9.18 Å². The monoisotopic (exact) mass is 420 g/mol. The van der Waals surface area contributed by atoms with Crippen molar-refractivity contribution in [2.75, 3.05) is 27.2 Å². The van der Waals surface area contributed by atoms with E-state index in [0.717, 1.165) is 17.3 Å². The van der Waals surface area contributed by atoms with Gasteiger partial charge >= 0.3 is 0 Å². The number of amides is 1. The molecule has 0 atom stereocenters. The number of benzene rings is 2. The van der Waals surface area contributed by atoms with Crippen LogP contribution in [0.5, 0.6) is 11.5 Å². The van der Waals surface area contributed by atoms with Crippen LogP contribution in [0.1, 0.15) is 23.2 Å². The van der Waals surface area contributed by atoms with Crippen LogP contribution < -0.4 is 4.74 Å². The molecule has 0 aliphatic carbocycles. The molecule has 0 bridgehead atoms. The minimum Gasteiger partial charge on any atom is -0.454 e. The number of hydrogen-bond donors (Lipinski definition) is 0. The van der Waals surface area contributed by atoms with Crippen molar-refractivity contribution in [1.29, 1.82) is 0 Å². The first-order valence-electron chi connectivity index (χ1n) is 8.62. The molecule has 1 amide bonds. The van der Waals surface area contributed by atoms with E-state index in [-0.39, 0.29) is 11.7 Å². The van der Waals surface area contributed by atoms with Gasteiger partial charge in [-0.15, -0.1) is 0 Å². The van der Waals surface area contributed by atoms with Gasteiger partial charge in [0.25, 0.3) is 5.91 Å². The number of nitrogens with zero attached hydrogens (tertiary/aromatic N) is 2. The van der Waals surface area contributed by atoms with Crippen molar-refractivity contribution < 1.29 is 13.9 Å². The highest BCUT2D eigenvalue weighted by Crippen LogP contribution is 2.27. The molecule has 26 heavy (non-hydrogen) atoms.